The van der Waals surface area contributed by atoms with Crippen LogP contribution in [-0.2, 0) is 4.79 Å². The molecule has 0 N–H and O–H groups in total. The predicted molar refractivity (Wildman–Crippen MR) is 131 cm³/mol. The maximum absolute atomic E-state index is 13.3. The van der Waals surface area contributed by atoms with Gasteiger partial charge in [-0.3, -0.25) is 9.36 Å². The van der Waals surface area contributed by atoms with Crippen molar-refractivity contribution in [3.05, 3.63) is 59.4 Å². The summed E-state index contributed by atoms with van der Waals surface area (Å²) in [6.07, 6.45) is 3.10. The van der Waals surface area contributed by atoms with Crippen molar-refractivity contribution in [2.24, 2.45) is 0 Å². The Balaban J connectivity index is 1.33. The highest BCUT2D eigenvalue weighted by molar-refractivity contribution is 7.99. The van der Waals surface area contributed by atoms with Crippen LogP contribution in [0.2, 0.25) is 0 Å². The first-order valence-corrected chi connectivity index (χ1v) is 12.8. The molecule has 0 saturated carbocycles. The molecule has 7 nitrogen and oxygen atoms in total. The summed E-state index contributed by atoms with van der Waals surface area (Å²) in [6, 6.07) is 16.0. The van der Waals surface area contributed by atoms with Crippen molar-refractivity contribution >= 4 is 39.2 Å². The highest BCUT2D eigenvalue weighted by atomic mass is 32.2. The molecule has 33 heavy (non-hydrogen) atoms. The van der Waals surface area contributed by atoms with E-state index in [0.717, 1.165) is 53.6 Å². The first-order valence-electron chi connectivity index (χ1n) is 11.0. The topological polar surface area (TPSA) is 73.1 Å². The molecule has 4 aromatic rings. The summed E-state index contributed by atoms with van der Waals surface area (Å²) in [4.78, 5) is 20.2. The van der Waals surface area contributed by atoms with Crippen molar-refractivity contribution < 1.29 is 9.53 Å². The molecule has 5 rings (SSSR count). The summed E-state index contributed by atoms with van der Waals surface area (Å²) in [7, 11) is 1.65. The number of nitrogens with zero attached hydrogens (tertiary/aromatic N) is 5. The van der Waals surface area contributed by atoms with Gasteiger partial charge in [0.05, 0.1) is 29.1 Å². The number of para-hydroxylation sites is 1. The third-order valence-electron chi connectivity index (χ3n) is 5.87. The number of benzene rings is 2. The van der Waals surface area contributed by atoms with Gasteiger partial charge in [0.15, 0.2) is 5.16 Å². The van der Waals surface area contributed by atoms with E-state index >= 15 is 0 Å². The summed E-state index contributed by atoms with van der Waals surface area (Å²) in [5, 5.41) is 10.3. The number of ether oxygens (including phenoxy) is 1. The van der Waals surface area contributed by atoms with Crippen molar-refractivity contribution in [3.8, 4) is 11.4 Å². The number of methoxy groups -OCH3 is 1. The van der Waals surface area contributed by atoms with Crippen molar-refractivity contribution in [1.29, 1.82) is 0 Å². The largest absolute Gasteiger partial charge is 0.497 e. The monoisotopic (exact) mass is 479 g/mol. The molecule has 1 fully saturated rings. The molecule has 0 unspecified atom stereocenters. The summed E-state index contributed by atoms with van der Waals surface area (Å²) in [5.74, 6) is 2.00. The van der Waals surface area contributed by atoms with E-state index < -0.39 is 0 Å². The molecular formula is C24H25N5O2S2. The fourth-order valence-corrected chi connectivity index (χ4v) is 6.19. The lowest BCUT2D eigenvalue weighted by Gasteiger charge is -2.34. The summed E-state index contributed by atoms with van der Waals surface area (Å²) in [5.41, 5.74) is 1.95. The molecule has 0 bridgehead atoms. The van der Waals surface area contributed by atoms with Gasteiger partial charge in [0.1, 0.15) is 16.6 Å². The maximum atomic E-state index is 13.3. The smallest absolute Gasteiger partial charge is 0.233 e. The molecular weight excluding hydrogens is 454 g/mol. The first-order chi connectivity index (χ1) is 16.1. The van der Waals surface area contributed by atoms with E-state index in [4.69, 9.17) is 9.72 Å². The Kier molecular flexibility index (Phi) is 6.32. The number of amides is 1. The van der Waals surface area contributed by atoms with Crippen LogP contribution in [0.1, 0.15) is 36.1 Å². The molecule has 1 aliphatic rings. The second-order valence-corrected chi connectivity index (χ2v) is 9.98. The summed E-state index contributed by atoms with van der Waals surface area (Å²) in [6.45, 7) is 2.68. The Morgan fingerprint density at radius 2 is 1.97 bits per heavy atom. The minimum Gasteiger partial charge on any atom is -0.497 e. The van der Waals surface area contributed by atoms with Crippen LogP contribution in [-0.4, -0.2) is 50.0 Å². The normalized spacial score (nSPS) is 16.3. The Morgan fingerprint density at radius 1 is 1.15 bits per heavy atom. The van der Waals surface area contributed by atoms with Crippen LogP contribution in [0.4, 0.5) is 0 Å². The van der Waals surface area contributed by atoms with E-state index in [2.05, 4.69) is 16.3 Å². The second-order valence-electron chi connectivity index (χ2n) is 7.97. The predicted octanol–water partition coefficient (Wildman–Crippen LogP) is 5.04. The molecule has 1 saturated heterocycles. The molecule has 1 aliphatic heterocycles. The SMILES string of the molecule is COc1ccc(-n2c(C)nnc2SCC(=O)N2CCCC[C@H]2c2nc3ccccc3s2)cc1. The highest BCUT2D eigenvalue weighted by Crippen LogP contribution is 2.36. The molecule has 1 amide bonds. The van der Waals surface area contributed by atoms with Gasteiger partial charge in [0.25, 0.3) is 0 Å². The van der Waals surface area contributed by atoms with Crippen LogP contribution >= 0.6 is 23.1 Å². The minimum absolute atomic E-state index is 0.0467. The number of thiazole rings is 1. The van der Waals surface area contributed by atoms with Gasteiger partial charge in [-0.1, -0.05) is 23.9 Å². The number of piperidine rings is 1. The minimum atomic E-state index is 0.0467. The fourth-order valence-electron chi connectivity index (χ4n) is 4.19. The van der Waals surface area contributed by atoms with Gasteiger partial charge in [-0.25, -0.2) is 4.98 Å². The lowest BCUT2D eigenvalue weighted by Crippen LogP contribution is -2.39. The van der Waals surface area contributed by atoms with Gasteiger partial charge in [-0.2, -0.15) is 0 Å². The zero-order chi connectivity index (χ0) is 22.8. The molecule has 0 aliphatic carbocycles. The van der Waals surface area contributed by atoms with Crippen molar-refractivity contribution in [3.63, 3.8) is 0 Å². The Hall–Kier alpha value is -2.91. The van der Waals surface area contributed by atoms with Gasteiger partial charge >= 0.3 is 0 Å². The van der Waals surface area contributed by atoms with E-state index in [9.17, 15) is 4.79 Å². The average molecular weight is 480 g/mol. The van der Waals surface area contributed by atoms with Crippen LogP contribution < -0.4 is 4.74 Å². The van der Waals surface area contributed by atoms with E-state index in [-0.39, 0.29) is 11.9 Å². The van der Waals surface area contributed by atoms with Crippen LogP contribution in [0.15, 0.2) is 53.7 Å². The highest BCUT2D eigenvalue weighted by Gasteiger charge is 2.30. The molecule has 3 heterocycles. The lowest BCUT2D eigenvalue weighted by atomic mass is 10.0. The average Bonchev–Trinajstić information content (AvgIpc) is 3.46. The number of aromatic nitrogens is 4. The summed E-state index contributed by atoms with van der Waals surface area (Å²) >= 11 is 3.12. The molecule has 9 heteroatoms. The Bertz CT molecular complexity index is 1230. The fraction of sp³-hybridized carbons (Fsp3) is 0.333. The molecule has 2 aromatic heterocycles. The number of hydrogen-bond acceptors (Lipinski definition) is 7. The zero-order valence-corrected chi connectivity index (χ0v) is 20.2. The number of fused-ring (bicyclic) bond motifs is 1. The number of rotatable bonds is 6. The molecule has 0 radical (unpaired) electrons. The second kappa shape index (κ2) is 9.52. The Labute approximate surface area is 200 Å². The molecule has 2 aromatic carbocycles. The number of carbonyl (C=O) groups excluding carboxylic acids is 1. The van der Waals surface area contributed by atoms with E-state index in [1.807, 2.05) is 58.9 Å². The molecule has 0 spiro atoms. The van der Waals surface area contributed by atoms with Crippen molar-refractivity contribution in [1.82, 2.24) is 24.6 Å². The number of thioether (sulfide) groups is 1. The van der Waals surface area contributed by atoms with Crippen LogP contribution in [0.5, 0.6) is 5.75 Å². The number of hydrogen-bond donors (Lipinski definition) is 0. The van der Waals surface area contributed by atoms with Crippen LogP contribution in [0.25, 0.3) is 15.9 Å². The third-order valence-corrected chi connectivity index (χ3v) is 7.92. The van der Waals surface area contributed by atoms with E-state index in [1.165, 1.54) is 16.5 Å². The number of carbonyl (C=O) groups is 1. The number of aryl methyl sites for hydroxylation is 1. The van der Waals surface area contributed by atoms with Crippen LogP contribution in [0, 0.1) is 6.92 Å². The summed E-state index contributed by atoms with van der Waals surface area (Å²) < 4.78 is 8.40. The van der Waals surface area contributed by atoms with Crippen molar-refractivity contribution in [2.75, 3.05) is 19.4 Å². The van der Waals surface area contributed by atoms with Gasteiger partial charge in [0, 0.05) is 12.2 Å². The quantitative estimate of drug-likeness (QED) is 0.361. The Morgan fingerprint density at radius 3 is 2.76 bits per heavy atom. The first kappa shape index (κ1) is 21.9. The maximum Gasteiger partial charge on any atom is 0.233 e. The number of likely N-dealkylation sites (tertiary alicyclic amines) is 1. The standard InChI is InChI=1S/C24H25N5O2S2/c1-16-26-27-24(29(16)17-10-12-18(31-2)13-11-17)32-15-22(30)28-14-6-5-8-20(28)23-25-19-7-3-4-9-21(19)33-23/h3-4,7,9-13,20H,5-6,8,14-15H2,1-2H3/t20-/m0/s1. The van der Waals surface area contributed by atoms with E-state index in [1.54, 1.807) is 18.4 Å². The molecule has 1 atom stereocenters. The van der Waals surface area contributed by atoms with E-state index in [0.29, 0.717) is 10.9 Å². The van der Waals surface area contributed by atoms with Gasteiger partial charge in [-0.05, 0) is 62.6 Å². The zero-order valence-electron chi connectivity index (χ0n) is 18.6. The lowest BCUT2D eigenvalue weighted by molar-refractivity contribution is -0.132. The van der Waals surface area contributed by atoms with Crippen LogP contribution in [0.3, 0.4) is 0 Å². The molecule has 170 valence electrons. The van der Waals surface area contributed by atoms with Crippen molar-refractivity contribution in [2.45, 2.75) is 37.4 Å². The third kappa shape index (κ3) is 4.47. The van der Waals surface area contributed by atoms with Gasteiger partial charge < -0.3 is 9.64 Å². The van der Waals surface area contributed by atoms with Gasteiger partial charge in [0.2, 0.25) is 5.91 Å². The van der Waals surface area contributed by atoms with Gasteiger partial charge in [-0.15, -0.1) is 21.5 Å².